The van der Waals surface area contributed by atoms with Crippen LogP contribution < -0.4 is 0 Å². The van der Waals surface area contributed by atoms with Gasteiger partial charge in [0.25, 0.3) is 0 Å². The first-order valence-corrected chi connectivity index (χ1v) is 8.36. The summed E-state index contributed by atoms with van der Waals surface area (Å²) in [6.45, 7) is 4.23. The highest BCUT2D eigenvalue weighted by atomic mass is 16.1. The van der Waals surface area contributed by atoms with E-state index in [4.69, 9.17) is 0 Å². The quantitative estimate of drug-likeness (QED) is 0.688. The molecule has 1 nitrogen and oxygen atoms in total. The molecule has 1 aliphatic rings. The van der Waals surface area contributed by atoms with Crippen molar-refractivity contribution in [3.63, 3.8) is 0 Å². The van der Waals surface area contributed by atoms with Gasteiger partial charge in [-0.2, -0.15) is 0 Å². The number of benzene rings is 1. The maximum absolute atomic E-state index is 11.8. The van der Waals surface area contributed by atoms with Gasteiger partial charge < -0.3 is 0 Å². The molecule has 110 valence electrons. The van der Waals surface area contributed by atoms with Gasteiger partial charge in [-0.3, -0.25) is 4.79 Å². The van der Waals surface area contributed by atoms with E-state index >= 15 is 0 Å². The number of ketones is 1. The summed E-state index contributed by atoms with van der Waals surface area (Å²) < 4.78 is 0. The lowest BCUT2D eigenvalue weighted by molar-refractivity contribution is -0.123. The Kier molecular flexibility index (Phi) is 5.82. The SMILES string of the molecule is CCCCc1ccc(C2CCC(C(=O)CC)CC2)cc1. The molecule has 0 aromatic heterocycles. The molecule has 1 aromatic carbocycles. The predicted octanol–water partition coefficient (Wildman–Crippen LogP) is 5.28. The molecule has 2 rings (SSSR count). The van der Waals surface area contributed by atoms with E-state index in [0.717, 1.165) is 12.8 Å². The molecule has 0 radical (unpaired) electrons. The first-order valence-electron chi connectivity index (χ1n) is 8.36. The van der Waals surface area contributed by atoms with Crippen molar-refractivity contribution in [2.75, 3.05) is 0 Å². The second kappa shape index (κ2) is 7.61. The molecule has 0 heterocycles. The molecule has 0 amide bonds. The van der Waals surface area contributed by atoms with Crippen LogP contribution in [-0.4, -0.2) is 5.78 Å². The van der Waals surface area contributed by atoms with Gasteiger partial charge in [-0.15, -0.1) is 0 Å². The predicted molar refractivity (Wildman–Crippen MR) is 85.1 cm³/mol. The fourth-order valence-corrected chi connectivity index (χ4v) is 3.37. The van der Waals surface area contributed by atoms with Gasteiger partial charge in [0.05, 0.1) is 0 Å². The number of unbranched alkanes of at least 4 members (excludes halogenated alkanes) is 1. The van der Waals surface area contributed by atoms with E-state index in [0.29, 0.717) is 24.0 Å². The van der Waals surface area contributed by atoms with Gasteiger partial charge in [-0.05, 0) is 55.6 Å². The molecular formula is C19H28O. The normalized spacial score (nSPS) is 22.7. The number of Topliss-reactive ketones (excluding diaryl/α,β-unsaturated/α-hetero) is 1. The highest BCUT2D eigenvalue weighted by Crippen LogP contribution is 2.36. The van der Waals surface area contributed by atoms with E-state index in [1.54, 1.807) is 0 Å². The number of hydrogen-bond donors (Lipinski definition) is 0. The number of hydrogen-bond acceptors (Lipinski definition) is 1. The molecule has 0 saturated heterocycles. The lowest BCUT2D eigenvalue weighted by atomic mass is 9.76. The molecule has 1 saturated carbocycles. The maximum atomic E-state index is 11.8. The maximum Gasteiger partial charge on any atom is 0.135 e. The molecule has 1 aromatic rings. The Labute approximate surface area is 123 Å². The van der Waals surface area contributed by atoms with Crippen LogP contribution in [0.25, 0.3) is 0 Å². The molecular weight excluding hydrogens is 244 g/mol. The zero-order valence-electron chi connectivity index (χ0n) is 13.0. The van der Waals surface area contributed by atoms with Gasteiger partial charge in [0.15, 0.2) is 0 Å². The van der Waals surface area contributed by atoms with E-state index in [1.165, 1.54) is 43.2 Å². The molecule has 0 unspecified atom stereocenters. The van der Waals surface area contributed by atoms with Crippen LogP contribution in [0.4, 0.5) is 0 Å². The molecule has 1 heteroatoms. The van der Waals surface area contributed by atoms with Crippen molar-refractivity contribution < 1.29 is 4.79 Å². The van der Waals surface area contributed by atoms with E-state index < -0.39 is 0 Å². The van der Waals surface area contributed by atoms with Crippen LogP contribution in [0.1, 0.15) is 75.8 Å². The third-order valence-electron chi connectivity index (χ3n) is 4.80. The van der Waals surface area contributed by atoms with Crippen LogP contribution >= 0.6 is 0 Å². The standard InChI is InChI=1S/C19H28O/c1-3-5-6-15-7-9-16(10-8-15)17-11-13-18(14-12-17)19(20)4-2/h7-10,17-18H,3-6,11-14H2,1-2H3. The van der Waals surface area contributed by atoms with Crippen LogP contribution in [0.3, 0.4) is 0 Å². The van der Waals surface area contributed by atoms with E-state index in [-0.39, 0.29) is 0 Å². The zero-order valence-corrected chi connectivity index (χ0v) is 13.0. The van der Waals surface area contributed by atoms with Crippen LogP contribution in [-0.2, 0) is 11.2 Å². The molecule has 1 aliphatic carbocycles. The summed E-state index contributed by atoms with van der Waals surface area (Å²) in [5.41, 5.74) is 2.94. The van der Waals surface area contributed by atoms with Gasteiger partial charge in [0.2, 0.25) is 0 Å². The summed E-state index contributed by atoms with van der Waals surface area (Å²) in [6.07, 6.45) is 9.01. The first-order chi connectivity index (χ1) is 9.74. The summed E-state index contributed by atoms with van der Waals surface area (Å²) in [5, 5.41) is 0. The number of carbonyl (C=O) groups excluding carboxylic acids is 1. The lowest BCUT2D eigenvalue weighted by Gasteiger charge is -2.28. The number of carbonyl (C=O) groups is 1. The second-order valence-electron chi connectivity index (χ2n) is 6.21. The lowest BCUT2D eigenvalue weighted by Crippen LogP contribution is -2.20. The van der Waals surface area contributed by atoms with E-state index in [9.17, 15) is 4.79 Å². The van der Waals surface area contributed by atoms with Crippen molar-refractivity contribution in [1.82, 2.24) is 0 Å². The van der Waals surface area contributed by atoms with Crippen molar-refractivity contribution in [2.24, 2.45) is 5.92 Å². The minimum absolute atomic E-state index is 0.347. The smallest absolute Gasteiger partial charge is 0.135 e. The minimum atomic E-state index is 0.347. The van der Waals surface area contributed by atoms with Crippen molar-refractivity contribution in [1.29, 1.82) is 0 Å². The van der Waals surface area contributed by atoms with Crippen LogP contribution in [0.5, 0.6) is 0 Å². The summed E-state index contributed by atoms with van der Waals surface area (Å²) in [6, 6.07) is 9.23. The summed E-state index contributed by atoms with van der Waals surface area (Å²) in [5.74, 6) is 1.49. The monoisotopic (exact) mass is 272 g/mol. The molecule has 0 aliphatic heterocycles. The largest absolute Gasteiger partial charge is 0.299 e. The highest BCUT2D eigenvalue weighted by Gasteiger charge is 2.25. The summed E-state index contributed by atoms with van der Waals surface area (Å²) in [4.78, 5) is 11.8. The first kappa shape index (κ1) is 15.3. The molecule has 0 atom stereocenters. The van der Waals surface area contributed by atoms with E-state index in [1.807, 2.05) is 6.92 Å². The van der Waals surface area contributed by atoms with E-state index in [2.05, 4.69) is 31.2 Å². The molecule has 20 heavy (non-hydrogen) atoms. The van der Waals surface area contributed by atoms with Crippen LogP contribution in [0.15, 0.2) is 24.3 Å². The number of aryl methyl sites for hydroxylation is 1. The molecule has 0 N–H and O–H groups in total. The third-order valence-corrected chi connectivity index (χ3v) is 4.80. The zero-order chi connectivity index (χ0) is 14.4. The number of rotatable bonds is 6. The average Bonchev–Trinajstić information content (AvgIpc) is 2.53. The van der Waals surface area contributed by atoms with Crippen LogP contribution in [0, 0.1) is 5.92 Å². The Morgan fingerprint density at radius 3 is 2.25 bits per heavy atom. The van der Waals surface area contributed by atoms with Gasteiger partial charge in [-0.1, -0.05) is 44.5 Å². The van der Waals surface area contributed by atoms with Crippen molar-refractivity contribution >= 4 is 5.78 Å². The Morgan fingerprint density at radius 1 is 1.05 bits per heavy atom. The third kappa shape index (κ3) is 3.94. The van der Waals surface area contributed by atoms with Crippen molar-refractivity contribution in [2.45, 2.75) is 71.1 Å². The van der Waals surface area contributed by atoms with Gasteiger partial charge in [-0.25, -0.2) is 0 Å². The van der Waals surface area contributed by atoms with Gasteiger partial charge >= 0.3 is 0 Å². The summed E-state index contributed by atoms with van der Waals surface area (Å²) >= 11 is 0. The summed E-state index contributed by atoms with van der Waals surface area (Å²) in [7, 11) is 0. The Hall–Kier alpha value is -1.11. The molecule has 0 bridgehead atoms. The van der Waals surface area contributed by atoms with Crippen LogP contribution in [0.2, 0.25) is 0 Å². The molecule has 0 spiro atoms. The van der Waals surface area contributed by atoms with Gasteiger partial charge in [0, 0.05) is 12.3 Å². The Morgan fingerprint density at radius 2 is 1.70 bits per heavy atom. The topological polar surface area (TPSA) is 17.1 Å². The Balaban J connectivity index is 1.88. The fraction of sp³-hybridized carbons (Fsp3) is 0.632. The fourth-order valence-electron chi connectivity index (χ4n) is 3.37. The molecule has 1 fully saturated rings. The minimum Gasteiger partial charge on any atom is -0.299 e. The van der Waals surface area contributed by atoms with Crippen molar-refractivity contribution in [3.8, 4) is 0 Å². The Bertz CT molecular complexity index is 410. The second-order valence-corrected chi connectivity index (χ2v) is 6.21. The average molecular weight is 272 g/mol. The highest BCUT2D eigenvalue weighted by molar-refractivity contribution is 5.80. The van der Waals surface area contributed by atoms with Gasteiger partial charge in [0.1, 0.15) is 5.78 Å². The van der Waals surface area contributed by atoms with Crippen molar-refractivity contribution in [3.05, 3.63) is 35.4 Å².